The molecule has 0 bridgehead atoms. The van der Waals surface area contributed by atoms with Crippen molar-refractivity contribution in [2.75, 3.05) is 43.9 Å². The molecular formula is C13H23N5. The Kier molecular flexibility index (Phi) is 4.75. The highest BCUT2D eigenvalue weighted by Gasteiger charge is 2.14. The van der Waals surface area contributed by atoms with E-state index >= 15 is 0 Å². The van der Waals surface area contributed by atoms with Gasteiger partial charge in [0, 0.05) is 26.7 Å². The summed E-state index contributed by atoms with van der Waals surface area (Å²) in [6.07, 6.45) is 5.50. The third-order valence-corrected chi connectivity index (χ3v) is 3.57. The molecule has 0 aliphatic carbocycles. The van der Waals surface area contributed by atoms with Gasteiger partial charge in [0.05, 0.1) is 0 Å². The fraction of sp³-hybridized carbons (Fsp3) is 0.692. The van der Waals surface area contributed by atoms with Crippen molar-refractivity contribution < 1.29 is 0 Å². The number of rotatable bonds is 5. The molecule has 1 unspecified atom stereocenters. The van der Waals surface area contributed by atoms with E-state index in [0.717, 1.165) is 24.1 Å². The topological polar surface area (TPSA) is 53.1 Å². The fourth-order valence-corrected chi connectivity index (χ4v) is 2.35. The van der Waals surface area contributed by atoms with Crippen molar-refractivity contribution in [3.63, 3.8) is 0 Å². The number of anilines is 2. The minimum atomic E-state index is 0.812. The molecule has 1 aliphatic rings. The lowest BCUT2D eigenvalue weighted by molar-refractivity contribution is 0.360. The summed E-state index contributed by atoms with van der Waals surface area (Å²) in [4.78, 5) is 10.6. The van der Waals surface area contributed by atoms with Crippen LogP contribution in [0.4, 0.5) is 11.6 Å². The first-order valence-electron chi connectivity index (χ1n) is 6.71. The Morgan fingerprint density at radius 1 is 1.50 bits per heavy atom. The number of hydrogen-bond acceptors (Lipinski definition) is 5. The Bertz CT molecular complexity index is 362. The molecule has 2 rings (SSSR count). The van der Waals surface area contributed by atoms with Crippen LogP contribution in [-0.4, -0.2) is 43.7 Å². The summed E-state index contributed by atoms with van der Waals surface area (Å²) in [6.45, 7) is 3.40. The zero-order valence-corrected chi connectivity index (χ0v) is 11.3. The second-order valence-corrected chi connectivity index (χ2v) is 4.93. The fourth-order valence-electron chi connectivity index (χ4n) is 2.35. The minimum Gasteiger partial charge on any atom is -0.373 e. The monoisotopic (exact) mass is 249 g/mol. The smallest absolute Gasteiger partial charge is 0.133 e. The van der Waals surface area contributed by atoms with Crippen LogP contribution < -0.4 is 15.5 Å². The predicted octanol–water partition coefficient (Wildman–Crippen LogP) is 1.34. The number of nitrogens with one attached hydrogen (secondary N) is 2. The van der Waals surface area contributed by atoms with Gasteiger partial charge in [0.25, 0.3) is 0 Å². The van der Waals surface area contributed by atoms with Crippen molar-refractivity contribution in [1.29, 1.82) is 0 Å². The highest BCUT2D eigenvalue weighted by Crippen LogP contribution is 2.17. The molecule has 100 valence electrons. The van der Waals surface area contributed by atoms with Crippen molar-refractivity contribution >= 4 is 11.6 Å². The molecule has 0 amide bonds. The molecule has 2 N–H and O–H groups in total. The van der Waals surface area contributed by atoms with Crippen LogP contribution in [0.2, 0.25) is 0 Å². The Morgan fingerprint density at radius 3 is 3.11 bits per heavy atom. The second kappa shape index (κ2) is 6.54. The first-order valence-corrected chi connectivity index (χ1v) is 6.71. The van der Waals surface area contributed by atoms with E-state index in [1.165, 1.54) is 32.4 Å². The zero-order chi connectivity index (χ0) is 12.8. The molecule has 5 nitrogen and oxygen atoms in total. The quantitative estimate of drug-likeness (QED) is 0.825. The van der Waals surface area contributed by atoms with E-state index in [1.54, 1.807) is 6.33 Å². The zero-order valence-electron chi connectivity index (χ0n) is 11.3. The van der Waals surface area contributed by atoms with Crippen LogP contribution in [0.5, 0.6) is 0 Å². The summed E-state index contributed by atoms with van der Waals surface area (Å²) in [5.41, 5.74) is 0. The van der Waals surface area contributed by atoms with Gasteiger partial charge in [-0.15, -0.1) is 0 Å². The molecule has 1 aliphatic heterocycles. The van der Waals surface area contributed by atoms with Crippen LogP contribution >= 0.6 is 0 Å². The molecule has 1 atom stereocenters. The maximum atomic E-state index is 4.31. The Balaban J connectivity index is 1.84. The number of nitrogens with zero attached hydrogens (tertiary/aromatic N) is 3. The lowest BCUT2D eigenvalue weighted by atomic mass is 9.96. The van der Waals surface area contributed by atoms with Crippen LogP contribution in [0.3, 0.4) is 0 Å². The Labute approximate surface area is 109 Å². The molecule has 2 heterocycles. The number of aromatic nitrogens is 2. The average molecular weight is 249 g/mol. The molecule has 0 aromatic carbocycles. The SMILES string of the molecule is CNc1cc(N(C)CCC2CCCNC2)ncn1. The highest BCUT2D eigenvalue weighted by molar-refractivity contribution is 5.47. The molecule has 1 aromatic rings. The lowest BCUT2D eigenvalue weighted by Crippen LogP contribution is -2.32. The Morgan fingerprint density at radius 2 is 2.39 bits per heavy atom. The molecule has 0 spiro atoms. The van der Waals surface area contributed by atoms with Gasteiger partial charge in [-0.3, -0.25) is 0 Å². The van der Waals surface area contributed by atoms with Gasteiger partial charge in [0.1, 0.15) is 18.0 Å². The van der Waals surface area contributed by atoms with Crippen LogP contribution in [-0.2, 0) is 0 Å². The summed E-state index contributed by atoms with van der Waals surface area (Å²) < 4.78 is 0. The van der Waals surface area contributed by atoms with E-state index in [9.17, 15) is 0 Å². The maximum Gasteiger partial charge on any atom is 0.133 e. The molecule has 1 aromatic heterocycles. The number of hydrogen-bond donors (Lipinski definition) is 2. The maximum absolute atomic E-state index is 4.31. The highest BCUT2D eigenvalue weighted by atomic mass is 15.2. The summed E-state index contributed by atoms with van der Waals surface area (Å²) in [6, 6.07) is 1.99. The molecule has 0 saturated carbocycles. The molecule has 1 fully saturated rings. The molecule has 0 radical (unpaired) electrons. The van der Waals surface area contributed by atoms with Gasteiger partial charge in [-0.05, 0) is 38.3 Å². The van der Waals surface area contributed by atoms with E-state index in [0.29, 0.717) is 0 Å². The average Bonchev–Trinajstić information content (AvgIpc) is 2.46. The summed E-state index contributed by atoms with van der Waals surface area (Å²) in [5, 5.41) is 6.50. The first kappa shape index (κ1) is 13.1. The van der Waals surface area contributed by atoms with Crippen LogP contribution in [0.15, 0.2) is 12.4 Å². The van der Waals surface area contributed by atoms with Gasteiger partial charge >= 0.3 is 0 Å². The van der Waals surface area contributed by atoms with Gasteiger partial charge in [0.2, 0.25) is 0 Å². The molecule has 18 heavy (non-hydrogen) atoms. The normalized spacial score (nSPS) is 19.6. The van der Waals surface area contributed by atoms with Gasteiger partial charge in [0.15, 0.2) is 0 Å². The van der Waals surface area contributed by atoms with E-state index in [-0.39, 0.29) is 0 Å². The van der Waals surface area contributed by atoms with Crippen molar-refractivity contribution in [3.8, 4) is 0 Å². The molecule has 5 heteroatoms. The van der Waals surface area contributed by atoms with Gasteiger partial charge in [-0.25, -0.2) is 9.97 Å². The van der Waals surface area contributed by atoms with Crippen molar-refractivity contribution in [2.24, 2.45) is 5.92 Å². The Hall–Kier alpha value is -1.36. The third kappa shape index (κ3) is 3.57. The molecule has 1 saturated heterocycles. The summed E-state index contributed by atoms with van der Waals surface area (Å²) in [5.74, 6) is 2.66. The van der Waals surface area contributed by atoms with E-state index in [2.05, 4.69) is 32.5 Å². The van der Waals surface area contributed by atoms with Crippen molar-refractivity contribution in [3.05, 3.63) is 12.4 Å². The van der Waals surface area contributed by atoms with Crippen LogP contribution in [0.1, 0.15) is 19.3 Å². The third-order valence-electron chi connectivity index (χ3n) is 3.57. The lowest BCUT2D eigenvalue weighted by Gasteiger charge is -2.25. The minimum absolute atomic E-state index is 0.812. The van der Waals surface area contributed by atoms with E-state index < -0.39 is 0 Å². The first-order chi connectivity index (χ1) is 8.79. The van der Waals surface area contributed by atoms with Crippen LogP contribution in [0, 0.1) is 5.92 Å². The van der Waals surface area contributed by atoms with Gasteiger partial charge in [-0.2, -0.15) is 0 Å². The summed E-state index contributed by atoms with van der Waals surface area (Å²) in [7, 11) is 3.97. The van der Waals surface area contributed by atoms with Crippen LogP contribution in [0.25, 0.3) is 0 Å². The van der Waals surface area contributed by atoms with Gasteiger partial charge < -0.3 is 15.5 Å². The second-order valence-electron chi connectivity index (χ2n) is 4.93. The van der Waals surface area contributed by atoms with Crippen molar-refractivity contribution in [1.82, 2.24) is 15.3 Å². The van der Waals surface area contributed by atoms with Gasteiger partial charge in [-0.1, -0.05) is 0 Å². The molecular weight excluding hydrogens is 226 g/mol. The predicted molar refractivity (Wildman–Crippen MR) is 75.1 cm³/mol. The number of piperidine rings is 1. The standard InChI is InChI=1S/C13H23N5/c1-14-12-8-13(17-10-16-12)18(2)7-5-11-4-3-6-15-9-11/h8,10-11,15H,3-7,9H2,1-2H3,(H,14,16,17). The summed E-state index contributed by atoms with van der Waals surface area (Å²) >= 11 is 0. The van der Waals surface area contributed by atoms with Crippen molar-refractivity contribution in [2.45, 2.75) is 19.3 Å². The van der Waals surface area contributed by atoms with E-state index in [1.807, 2.05) is 13.1 Å². The van der Waals surface area contributed by atoms with E-state index in [4.69, 9.17) is 0 Å². The largest absolute Gasteiger partial charge is 0.373 e.